The molecular weight excluding hydrogens is 264 g/mol. The second-order valence-corrected chi connectivity index (χ2v) is 5.36. The van der Waals surface area contributed by atoms with Gasteiger partial charge in [0, 0.05) is 18.3 Å². The number of carbonyl (C=O) groups is 1. The lowest BCUT2D eigenvalue weighted by molar-refractivity contribution is -0.140. The number of ether oxygens (including phenoxy) is 2. The molecule has 0 N–H and O–H groups in total. The zero-order valence-electron chi connectivity index (χ0n) is 11.4. The maximum Gasteiger partial charge on any atom is 0.305 e. The Morgan fingerprint density at radius 2 is 2.53 bits per heavy atom. The molecule has 0 spiro atoms. The SMILES string of the molecule is CCC1COCCN1c1nc(CCC(=O)OC)cs1. The Labute approximate surface area is 117 Å². The molecule has 1 aromatic heterocycles. The van der Waals surface area contributed by atoms with E-state index in [0.29, 0.717) is 18.9 Å². The molecule has 0 aromatic carbocycles. The Kier molecular flexibility index (Phi) is 5.15. The number of hydrogen-bond donors (Lipinski definition) is 0. The van der Waals surface area contributed by atoms with Gasteiger partial charge in [-0.1, -0.05) is 6.92 Å². The van der Waals surface area contributed by atoms with Gasteiger partial charge in [-0.05, 0) is 6.42 Å². The van der Waals surface area contributed by atoms with Crippen LogP contribution in [0.2, 0.25) is 0 Å². The number of nitrogens with zero attached hydrogens (tertiary/aromatic N) is 2. The predicted octanol–water partition coefficient (Wildman–Crippen LogP) is 1.86. The summed E-state index contributed by atoms with van der Waals surface area (Å²) in [4.78, 5) is 18.1. The third kappa shape index (κ3) is 3.67. The smallest absolute Gasteiger partial charge is 0.305 e. The average molecular weight is 284 g/mol. The molecule has 1 unspecified atom stereocenters. The largest absolute Gasteiger partial charge is 0.469 e. The van der Waals surface area contributed by atoms with Crippen molar-refractivity contribution < 1.29 is 14.3 Å². The third-order valence-electron chi connectivity index (χ3n) is 3.30. The van der Waals surface area contributed by atoms with Gasteiger partial charge in [-0.2, -0.15) is 0 Å². The molecule has 0 saturated carbocycles. The van der Waals surface area contributed by atoms with Gasteiger partial charge in [0.25, 0.3) is 0 Å². The summed E-state index contributed by atoms with van der Waals surface area (Å²) in [5.41, 5.74) is 0.965. The van der Waals surface area contributed by atoms with Crippen LogP contribution < -0.4 is 4.90 Å². The average Bonchev–Trinajstić information content (AvgIpc) is 2.93. The fourth-order valence-corrected chi connectivity index (χ4v) is 3.08. The lowest BCUT2D eigenvalue weighted by Crippen LogP contribution is -2.45. The van der Waals surface area contributed by atoms with Crippen LogP contribution in [0.3, 0.4) is 0 Å². The number of morpholine rings is 1. The molecule has 1 atom stereocenters. The molecule has 0 bridgehead atoms. The molecule has 1 aliphatic heterocycles. The summed E-state index contributed by atoms with van der Waals surface area (Å²) in [5, 5.41) is 3.07. The van der Waals surface area contributed by atoms with Crippen molar-refractivity contribution in [3.8, 4) is 0 Å². The molecule has 1 fully saturated rings. The fourth-order valence-electron chi connectivity index (χ4n) is 2.12. The molecule has 5 nitrogen and oxygen atoms in total. The van der Waals surface area contributed by atoms with Gasteiger partial charge < -0.3 is 14.4 Å². The first-order valence-corrected chi connectivity index (χ1v) is 7.48. The summed E-state index contributed by atoms with van der Waals surface area (Å²) in [5.74, 6) is -0.188. The van der Waals surface area contributed by atoms with E-state index >= 15 is 0 Å². The van der Waals surface area contributed by atoms with Gasteiger partial charge in [0.05, 0.1) is 38.5 Å². The van der Waals surface area contributed by atoms with E-state index < -0.39 is 0 Å². The van der Waals surface area contributed by atoms with Crippen LogP contribution in [-0.2, 0) is 20.7 Å². The number of anilines is 1. The number of esters is 1. The summed E-state index contributed by atoms with van der Waals surface area (Å²) in [7, 11) is 1.41. The van der Waals surface area contributed by atoms with E-state index in [4.69, 9.17) is 4.74 Å². The van der Waals surface area contributed by atoms with E-state index in [0.717, 1.165) is 37.0 Å². The van der Waals surface area contributed by atoms with Gasteiger partial charge in [0.1, 0.15) is 0 Å². The van der Waals surface area contributed by atoms with Crippen molar-refractivity contribution >= 4 is 22.4 Å². The number of rotatable bonds is 5. The summed E-state index contributed by atoms with van der Waals surface area (Å²) in [6.07, 6.45) is 2.08. The Bertz CT molecular complexity index is 422. The van der Waals surface area contributed by atoms with Crippen LogP contribution in [0.5, 0.6) is 0 Å². The fraction of sp³-hybridized carbons (Fsp3) is 0.692. The molecule has 0 aliphatic carbocycles. The highest BCUT2D eigenvalue weighted by molar-refractivity contribution is 7.13. The Morgan fingerprint density at radius 1 is 1.68 bits per heavy atom. The number of aromatic nitrogens is 1. The van der Waals surface area contributed by atoms with Crippen molar-refractivity contribution in [3.63, 3.8) is 0 Å². The predicted molar refractivity (Wildman–Crippen MR) is 74.7 cm³/mol. The third-order valence-corrected chi connectivity index (χ3v) is 4.22. The zero-order valence-corrected chi connectivity index (χ0v) is 12.2. The highest BCUT2D eigenvalue weighted by Crippen LogP contribution is 2.25. The van der Waals surface area contributed by atoms with Crippen molar-refractivity contribution in [2.24, 2.45) is 0 Å². The minimum atomic E-state index is -0.188. The van der Waals surface area contributed by atoms with Gasteiger partial charge in [-0.25, -0.2) is 4.98 Å². The molecule has 1 aliphatic rings. The van der Waals surface area contributed by atoms with Crippen molar-refractivity contribution in [3.05, 3.63) is 11.1 Å². The van der Waals surface area contributed by atoms with Gasteiger partial charge >= 0.3 is 5.97 Å². The van der Waals surface area contributed by atoms with Crippen molar-refractivity contribution in [2.45, 2.75) is 32.2 Å². The van der Waals surface area contributed by atoms with Crippen molar-refractivity contribution in [1.82, 2.24) is 4.98 Å². The van der Waals surface area contributed by atoms with Gasteiger partial charge in [-0.3, -0.25) is 4.79 Å². The highest BCUT2D eigenvalue weighted by atomic mass is 32.1. The maximum atomic E-state index is 11.1. The first-order chi connectivity index (χ1) is 9.24. The second-order valence-electron chi connectivity index (χ2n) is 4.53. The number of aryl methyl sites for hydroxylation is 1. The summed E-state index contributed by atoms with van der Waals surface area (Å²) < 4.78 is 10.1. The molecule has 2 heterocycles. The number of thiazole rings is 1. The van der Waals surface area contributed by atoms with E-state index in [1.54, 1.807) is 11.3 Å². The second kappa shape index (κ2) is 6.86. The standard InChI is InChI=1S/C13H20N2O3S/c1-3-11-8-18-7-6-15(11)13-14-10(9-19-13)4-5-12(16)17-2/h9,11H,3-8H2,1-2H3. The molecule has 1 saturated heterocycles. The van der Waals surface area contributed by atoms with E-state index in [1.807, 2.05) is 5.38 Å². The number of hydrogen-bond acceptors (Lipinski definition) is 6. The van der Waals surface area contributed by atoms with Gasteiger partial charge in [0.2, 0.25) is 0 Å². The Hall–Kier alpha value is -1.14. The number of methoxy groups -OCH3 is 1. The van der Waals surface area contributed by atoms with Crippen LogP contribution in [0.15, 0.2) is 5.38 Å². The molecule has 106 valence electrons. The number of carbonyl (C=O) groups excluding carboxylic acids is 1. The molecule has 0 radical (unpaired) electrons. The van der Waals surface area contributed by atoms with E-state index in [-0.39, 0.29) is 5.97 Å². The summed E-state index contributed by atoms with van der Waals surface area (Å²) in [6, 6.07) is 0.411. The Morgan fingerprint density at radius 3 is 3.26 bits per heavy atom. The first kappa shape index (κ1) is 14.3. The maximum absolute atomic E-state index is 11.1. The van der Waals surface area contributed by atoms with Crippen LogP contribution in [0.25, 0.3) is 0 Å². The summed E-state index contributed by atoms with van der Waals surface area (Å²) in [6.45, 7) is 4.59. The molecule has 19 heavy (non-hydrogen) atoms. The van der Waals surface area contributed by atoms with Crippen LogP contribution in [0, 0.1) is 0 Å². The topological polar surface area (TPSA) is 51.7 Å². The van der Waals surface area contributed by atoms with E-state index in [9.17, 15) is 4.79 Å². The van der Waals surface area contributed by atoms with Crippen LogP contribution in [-0.4, -0.2) is 43.9 Å². The van der Waals surface area contributed by atoms with Crippen LogP contribution in [0.1, 0.15) is 25.5 Å². The molecule has 0 amide bonds. The highest BCUT2D eigenvalue weighted by Gasteiger charge is 2.23. The monoisotopic (exact) mass is 284 g/mol. The zero-order chi connectivity index (χ0) is 13.7. The minimum absolute atomic E-state index is 0.188. The van der Waals surface area contributed by atoms with Gasteiger partial charge in [-0.15, -0.1) is 11.3 Å². The lowest BCUT2D eigenvalue weighted by atomic mass is 10.2. The van der Waals surface area contributed by atoms with Crippen LogP contribution >= 0.6 is 11.3 Å². The normalized spacial score (nSPS) is 19.5. The minimum Gasteiger partial charge on any atom is -0.469 e. The molecule has 6 heteroatoms. The molecule has 2 rings (SSSR count). The lowest BCUT2D eigenvalue weighted by Gasteiger charge is -2.34. The summed E-state index contributed by atoms with van der Waals surface area (Å²) >= 11 is 1.64. The van der Waals surface area contributed by atoms with E-state index in [2.05, 4.69) is 21.5 Å². The quantitative estimate of drug-likeness (QED) is 0.773. The van der Waals surface area contributed by atoms with Gasteiger partial charge in [0.15, 0.2) is 5.13 Å². The van der Waals surface area contributed by atoms with Crippen molar-refractivity contribution in [1.29, 1.82) is 0 Å². The van der Waals surface area contributed by atoms with E-state index in [1.165, 1.54) is 7.11 Å². The first-order valence-electron chi connectivity index (χ1n) is 6.60. The van der Waals surface area contributed by atoms with Crippen LogP contribution in [0.4, 0.5) is 5.13 Å². The Balaban J connectivity index is 1.97. The van der Waals surface area contributed by atoms with Crippen molar-refractivity contribution in [2.75, 3.05) is 31.8 Å². The molecular formula is C13H20N2O3S. The molecule has 1 aromatic rings.